The molecule has 1 atom stereocenters. The van der Waals surface area contributed by atoms with E-state index in [-0.39, 0.29) is 0 Å². The standard InChI is InChI=1S/C29H60/c1-4-7-10-12-14-16-17-18-20-22-25-28-29(26-23-9-6-3)27-24-21-19-15-13-11-8-5-2/h29H,4-28H2,1-3H3. The van der Waals surface area contributed by atoms with Gasteiger partial charge in [0.1, 0.15) is 0 Å². The van der Waals surface area contributed by atoms with Crippen LogP contribution in [0, 0.1) is 5.92 Å². The monoisotopic (exact) mass is 408 g/mol. The van der Waals surface area contributed by atoms with Crippen LogP contribution in [-0.2, 0) is 0 Å². The van der Waals surface area contributed by atoms with Crippen LogP contribution in [0.25, 0.3) is 0 Å². The smallest absolute Gasteiger partial charge is 0.0414 e. The Bertz CT molecular complexity index is 269. The molecule has 0 fully saturated rings. The maximum atomic E-state index is 2.34. The van der Waals surface area contributed by atoms with Crippen LogP contribution in [0.15, 0.2) is 0 Å². The van der Waals surface area contributed by atoms with Gasteiger partial charge in [-0.15, -0.1) is 0 Å². The molecule has 0 saturated carbocycles. The van der Waals surface area contributed by atoms with Gasteiger partial charge in [0.2, 0.25) is 0 Å². The SMILES string of the molecule is CCCCCCCCCCCCCC(CCCCC)CCCCCCCCCC. The molecule has 0 aliphatic carbocycles. The Hall–Kier alpha value is 0. The van der Waals surface area contributed by atoms with Crippen molar-refractivity contribution in [3.8, 4) is 0 Å². The van der Waals surface area contributed by atoms with Crippen LogP contribution in [0.5, 0.6) is 0 Å². The zero-order valence-corrected chi connectivity index (χ0v) is 21.3. The van der Waals surface area contributed by atoms with Crippen LogP contribution in [0.2, 0.25) is 0 Å². The first-order valence-electron chi connectivity index (χ1n) is 14.3. The second-order valence-electron chi connectivity index (χ2n) is 9.95. The summed E-state index contributed by atoms with van der Waals surface area (Å²) in [5.74, 6) is 1.04. The van der Waals surface area contributed by atoms with E-state index < -0.39 is 0 Å². The van der Waals surface area contributed by atoms with Gasteiger partial charge >= 0.3 is 0 Å². The first-order valence-corrected chi connectivity index (χ1v) is 14.3. The molecular weight excluding hydrogens is 348 g/mol. The molecule has 0 aliphatic rings. The first kappa shape index (κ1) is 29.0. The lowest BCUT2D eigenvalue weighted by Gasteiger charge is -2.17. The van der Waals surface area contributed by atoms with Gasteiger partial charge in [-0.3, -0.25) is 0 Å². The van der Waals surface area contributed by atoms with Crippen molar-refractivity contribution in [2.45, 2.75) is 181 Å². The lowest BCUT2D eigenvalue weighted by molar-refractivity contribution is 0.367. The van der Waals surface area contributed by atoms with Crippen molar-refractivity contribution in [1.29, 1.82) is 0 Å². The molecule has 0 aromatic carbocycles. The quantitative estimate of drug-likeness (QED) is 0.132. The Labute approximate surface area is 187 Å². The van der Waals surface area contributed by atoms with E-state index in [0.29, 0.717) is 0 Å². The van der Waals surface area contributed by atoms with Crippen molar-refractivity contribution in [1.82, 2.24) is 0 Å². The van der Waals surface area contributed by atoms with Crippen molar-refractivity contribution in [3.63, 3.8) is 0 Å². The average molecular weight is 409 g/mol. The summed E-state index contributed by atoms with van der Waals surface area (Å²) in [4.78, 5) is 0. The van der Waals surface area contributed by atoms with Crippen LogP contribution in [-0.4, -0.2) is 0 Å². The van der Waals surface area contributed by atoms with E-state index in [4.69, 9.17) is 0 Å². The maximum Gasteiger partial charge on any atom is -0.0414 e. The van der Waals surface area contributed by atoms with Crippen molar-refractivity contribution < 1.29 is 0 Å². The molecule has 0 spiro atoms. The zero-order chi connectivity index (χ0) is 21.3. The molecule has 176 valence electrons. The summed E-state index contributed by atoms with van der Waals surface area (Å²) in [6, 6.07) is 0. The fraction of sp³-hybridized carbons (Fsp3) is 1.00. The van der Waals surface area contributed by atoms with Crippen molar-refractivity contribution >= 4 is 0 Å². The minimum atomic E-state index is 1.04. The van der Waals surface area contributed by atoms with Gasteiger partial charge < -0.3 is 0 Å². The summed E-state index contributed by atoms with van der Waals surface area (Å²) in [6.45, 7) is 6.97. The Morgan fingerprint density at radius 1 is 0.276 bits per heavy atom. The normalized spacial score (nSPS) is 12.5. The predicted molar refractivity (Wildman–Crippen MR) is 136 cm³/mol. The van der Waals surface area contributed by atoms with Gasteiger partial charge in [0.25, 0.3) is 0 Å². The molecule has 0 N–H and O–H groups in total. The van der Waals surface area contributed by atoms with E-state index in [2.05, 4.69) is 20.8 Å². The molecule has 0 aromatic rings. The van der Waals surface area contributed by atoms with E-state index in [9.17, 15) is 0 Å². The predicted octanol–water partition coefficient (Wildman–Crippen LogP) is 11.4. The molecule has 0 nitrogen and oxygen atoms in total. The highest BCUT2D eigenvalue weighted by Crippen LogP contribution is 2.24. The third-order valence-corrected chi connectivity index (χ3v) is 6.90. The number of rotatable bonds is 25. The molecule has 0 amide bonds. The third kappa shape index (κ3) is 24.1. The lowest BCUT2D eigenvalue weighted by atomic mass is 9.89. The Morgan fingerprint density at radius 3 is 0.793 bits per heavy atom. The molecule has 0 rings (SSSR count). The summed E-state index contributed by atoms with van der Waals surface area (Å²) < 4.78 is 0. The fourth-order valence-electron chi connectivity index (χ4n) is 4.78. The summed E-state index contributed by atoms with van der Waals surface area (Å²) in [7, 11) is 0. The van der Waals surface area contributed by atoms with E-state index in [0.717, 1.165) is 5.92 Å². The van der Waals surface area contributed by atoms with Gasteiger partial charge in [0.05, 0.1) is 0 Å². The largest absolute Gasteiger partial charge is 0.0654 e. The minimum Gasteiger partial charge on any atom is -0.0654 e. The van der Waals surface area contributed by atoms with Gasteiger partial charge in [-0.05, 0) is 5.92 Å². The van der Waals surface area contributed by atoms with Crippen LogP contribution in [0.1, 0.15) is 181 Å². The highest BCUT2D eigenvalue weighted by Gasteiger charge is 2.08. The van der Waals surface area contributed by atoms with Crippen molar-refractivity contribution in [2.75, 3.05) is 0 Å². The van der Waals surface area contributed by atoms with E-state index >= 15 is 0 Å². The molecule has 0 heteroatoms. The molecule has 29 heavy (non-hydrogen) atoms. The molecule has 0 bridgehead atoms. The molecule has 0 saturated heterocycles. The Morgan fingerprint density at radius 2 is 0.483 bits per heavy atom. The summed E-state index contributed by atoms with van der Waals surface area (Å²) in [5, 5.41) is 0. The van der Waals surface area contributed by atoms with Gasteiger partial charge in [-0.1, -0.05) is 181 Å². The highest BCUT2D eigenvalue weighted by atomic mass is 14.1. The van der Waals surface area contributed by atoms with Crippen LogP contribution >= 0.6 is 0 Å². The number of unbranched alkanes of at least 4 members (excludes halogenated alkanes) is 19. The maximum absolute atomic E-state index is 2.34. The van der Waals surface area contributed by atoms with Gasteiger partial charge in [-0.25, -0.2) is 0 Å². The van der Waals surface area contributed by atoms with Gasteiger partial charge in [0, 0.05) is 0 Å². The van der Waals surface area contributed by atoms with Gasteiger partial charge in [0.15, 0.2) is 0 Å². The summed E-state index contributed by atoms with van der Waals surface area (Å²) in [6.07, 6.45) is 36.8. The summed E-state index contributed by atoms with van der Waals surface area (Å²) >= 11 is 0. The molecule has 0 aromatic heterocycles. The van der Waals surface area contributed by atoms with Crippen LogP contribution in [0.3, 0.4) is 0 Å². The Kier molecular flexibility index (Phi) is 26.0. The first-order chi connectivity index (χ1) is 14.3. The second kappa shape index (κ2) is 26.0. The molecule has 0 aliphatic heterocycles. The van der Waals surface area contributed by atoms with Crippen molar-refractivity contribution in [2.24, 2.45) is 5.92 Å². The average Bonchev–Trinajstić information content (AvgIpc) is 2.73. The highest BCUT2D eigenvalue weighted by molar-refractivity contribution is 4.62. The third-order valence-electron chi connectivity index (χ3n) is 6.90. The topological polar surface area (TPSA) is 0 Å². The lowest BCUT2D eigenvalue weighted by Crippen LogP contribution is -2.01. The molecule has 1 unspecified atom stereocenters. The minimum absolute atomic E-state index is 1.04. The van der Waals surface area contributed by atoms with Crippen molar-refractivity contribution in [3.05, 3.63) is 0 Å². The zero-order valence-electron chi connectivity index (χ0n) is 21.3. The van der Waals surface area contributed by atoms with Crippen LogP contribution in [0.4, 0.5) is 0 Å². The fourth-order valence-corrected chi connectivity index (χ4v) is 4.78. The number of hydrogen-bond acceptors (Lipinski definition) is 0. The molecule has 0 radical (unpaired) electrons. The van der Waals surface area contributed by atoms with Gasteiger partial charge in [-0.2, -0.15) is 0 Å². The van der Waals surface area contributed by atoms with Crippen LogP contribution < -0.4 is 0 Å². The second-order valence-corrected chi connectivity index (χ2v) is 9.95. The molecular formula is C29H60. The van der Waals surface area contributed by atoms with E-state index in [1.807, 2.05) is 0 Å². The molecule has 0 heterocycles. The summed E-state index contributed by atoms with van der Waals surface area (Å²) in [5.41, 5.74) is 0. The Balaban J connectivity index is 3.60. The van der Waals surface area contributed by atoms with E-state index in [1.54, 1.807) is 0 Å². The number of hydrogen-bond donors (Lipinski definition) is 0. The van der Waals surface area contributed by atoms with E-state index in [1.165, 1.54) is 161 Å².